The molecule has 0 amide bonds. The molecule has 5 atom stereocenters. The molecule has 10 nitrogen and oxygen atoms in total. The Labute approximate surface area is 123 Å². The van der Waals surface area contributed by atoms with Gasteiger partial charge in [-0.15, -0.1) is 0 Å². The Kier molecular flexibility index (Phi) is 5.87. The van der Waals surface area contributed by atoms with Gasteiger partial charge >= 0.3 is 11.9 Å². The maximum Gasteiger partial charge on any atom is 0.338 e. The van der Waals surface area contributed by atoms with Crippen LogP contribution in [0.1, 0.15) is 0 Å². The predicted octanol–water partition coefficient (Wildman–Crippen LogP) is -3.05. The fourth-order valence-corrected chi connectivity index (χ4v) is 1.68. The smallest absolute Gasteiger partial charge is 0.338 e. The van der Waals surface area contributed by atoms with E-state index in [1.807, 2.05) is 0 Å². The lowest BCUT2D eigenvalue weighted by Crippen LogP contribution is -2.60. The summed E-state index contributed by atoms with van der Waals surface area (Å²) >= 11 is 5.39. The van der Waals surface area contributed by atoms with Crippen molar-refractivity contribution in [2.75, 3.05) is 13.2 Å². The number of ether oxygens (including phenoxy) is 2. The van der Waals surface area contributed by atoms with Crippen molar-refractivity contribution in [1.82, 2.24) is 0 Å². The number of hydrogen-bond acceptors (Lipinski definition) is 8. The third-order valence-corrected chi connectivity index (χ3v) is 3.41. The Hall–Kier alpha value is -1.01. The summed E-state index contributed by atoms with van der Waals surface area (Å²) in [5.41, 5.74) is 0. The van der Waals surface area contributed by atoms with E-state index >= 15 is 0 Å². The summed E-state index contributed by atoms with van der Waals surface area (Å²) in [6.07, 6.45) is -8.08. The topological polar surface area (TPSA) is 174 Å². The molecule has 122 valence electrons. The fraction of sp³-hybridized carbons (Fsp3) is 0.800. The van der Waals surface area contributed by atoms with E-state index < -0.39 is 60.7 Å². The highest BCUT2D eigenvalue weighted by Gasteiger charge is 2.49. The zero-order valence-electron chi connectivity index (χ0n) is 10.5. The molecule has 1 aliphatic rings. The molecule has 1 heterocycles. The van der Waals surface area contributed by atoms with Crippen LogP contribution in [0.3, 0.4) is 0 Å². The van der Waals surface area contributed by atoms with Crippen molar-refractivity contribution >= 4 is 23.5 Å². The van der Waals surface area contributed by atoms with Crippen molar-refractivity contribution in [3.63, 3.8) is 0 Å². The Balaban J connectivity index is 2.77. The lowest BCUT2D eigenvalue weighted by Gasteiger charge is -2.40. The molecule has 1 saturated heterocycles. The van der Waals surface area contributed by atoms with Crippen LogP contribution in [0.25, 0.3) is 0 Å². The van der Waals surface area contributed by atoms with E-state index in [-0.39, 0.29) is 0 Å². The largest absolute Gasteiger partial charge is 0.479 e. The van der Waals surface area contributed by atoms with Crippen LogP contribution in [0.15, 0.2) is 0 Å². The second-order valence-corrected chi connectivity index (χ2v) is 5.06. The van der Waals surface area contributed by atoms with Crippen LogP contribution in [0.5, 0.6) is 0 Å². The second-order valence-electron chi connectivity index (χ2n) is 4.42. The van der Waals surface area contributed by atoms with Gasteiger partial charge in [0.25, 0.3) is 4.87 Å². The summed E-state index contributed by atoms with van der Waals surface area (Å²) in [6, 6.07) is 0. The number of rotatable bonds is 6. The molecule has 11 heteroatoms. The first-order valence-corrected chi connectivity index (χ1v) is 6.10. The van der Waals surface area contributed by atoms with Crippen LogP contribution in [-0.4, -0.2) is 91.4 Å². The quantitative estimate of drug-likeness (QED) is 0.217. The third kappa shape index (κ3) is 3.61. The maximum absolute atomic E-state index is 10.8. The molecule has 21 heavy (non-hydrogen) atoms. The van der Waals surface area contributed by atoms with Gasteiger partial charge in [-0.2, -0.15) is 0 Å². The lowest BCUT2D eigenvalue weighted by atomic mass is 9.99. The van der Waals surface area contributed by atoms with Gasteiger partial charge in [-0.25, -0.2) is 9.59 Å². The van der Waals surface area contributed by atoms with Gasteiger partial charge < -0.3 is 40.1 Å². The summed E-state index contributed by atoms with van der Waals surface area (Å²) in [4.78, 5) is 18.8. The molecule has 1 aliphatic heterocycles. The van der Waals surface area contributed by atoms with Crippen LogP contribution in [-0.2, 0) is 19.1 Å². The van der Waals surface area contributed by atoms with E-state index in [0.717, 1.165) is 0 Å². The monoisotopic (exact) mass is 330 g/mol. The molecule has 0 bridgehead atoms. The van der Waals surface area contributed by atoms with E-state index in [4.69, 9.17) is 36.4 Å². The van der Waals surface area contributed by atoms with Crippen LogP contribution in [0.4, 0.5) is 0 Å². The molecule has 0 spiro atoms. The molecule has 0 saturated carbocycles. The highest BCUT2D eigenvalue weighted by molar-refractivity contribution is 6.44. The van der Waals surface area contributed by atoms with Crippen LogP contribution in [0, 0.1) is 0 Å². The number of halogens is 1. The first kappa shape index (κ1) is 18.0. The summed E-state index contributed by atoms with van der Waals surface area (Å²) in [7, 11) is 0. The zero-order valence-corrected chi connectivity index (χ0v) is 11.3. The normalized spacial score (nSPS) is 33.7. The molecule has 1 unspecified atom stereocenters. The van der Waals surface area contributed by atoms with Crippen LogP contribution in [0.2, 0.25) is 0 Å². The first-order chi connectivity index (χ1) is 9.65. The average molecular weight is 331 g/mol. The SMILES string of the molecule is O=C(O)C(Cl)(COC1O[C@H](CO)[C@@H](O)[C@H](O)[C@H]1O)C(=O)O. The molecule has 0 aliphatic carbocycles. The van der Waals surface area contributed by atoms with Crippen molar-refractivity contribution in [3.8, 4) is 0 Å². The standard InChI is InChI=1S/C10H15ClO10/c11-10(8(16)17,9(18)19)2-20-7-6(15)5(14)4(13)3(1-12)21-7/h3-7,12-15H,1-2H2,(H,16,17)(H,18,19)/t3-,4-,5+,6-,7?/m1/s1. The molecular weight excluding hydrogens is 316 g/mol. The number of aliphatic hydroxyl groups excluding tert-OH is 4. The van der Waals surface area contributed by atoms with Gasteiger partial charge in [0, 0.05) is 0 Å². The lowest BCUT2D eigenvalue weighted by molar-refractivity contribution is -0.302. The van der Waals surface area contributed by atoms with E-state index in [0.29, 0.717) is 0 Å². The number of hydrogen-bond donors (Lipinski definition) is 6. The van der Waals surface area contributed by atoms with Gasteiger partial charge in [0.2, 0.25) is 0 Å². The number of alkyl halides is 1. The molecular formula is C10H15ClO10. The highest BCUT2D eigenvalue weighted by Crippen LogP contribution is 2.24. The van der Waals surface area contributed by atoms with Gasteiger partial charge in [0.05, 0.1) is 13.2 Å². The molecule has 1 fully saturated rings. The summed E-state index contributed by atoms with van der Waals surface area (Å²) < 4.78 is 9.69. The Morgan fingerprint density at radius 3 is 2.05 bits per heavy atom. The molecule has 6 N–H and O–H groups in total. The summed E-state index contributed by atoms with van der Waals surface area (Å²) in [5.74, 6) is -3.78. The van der Waals surface area contributed by atoms with E-state index in [1.54, 1.807) is 0 Å². The van der Waals surface area contributed by atoms with Crippen molar-refractivity contribution < 1.29 is 49.7 Å². The number of aliphatic hydroxyl groups is 4. The van der Waals surface area contributed by atoms with Crippen molar-refractivity contribution in [1.29, 1.82) is 0 Å². The van der Waals surface area contributed by atoms with Crippen molar-refractivity contribution in [2.24, 2.45) is 0 Å². The summed E-state index contributed by atoms with van der Waals surface area (Å²) in [6.45, 7) is -1.80. The molecule has 0 aromatic carbocycles. The summed E-state index contributed by atoms with van der Waals surface area (Å²) in [5, 5.41) is 55.1. The van der Waals surface area contributed by atoms with Crippen LogP contribution < -0.4 is 0 Å². The van der Waals surface area contributed by atoms with Gasteiger partial charge in [-0.05, 0) is 0 Å². The first-order valence-electron chi connectivity index (χ1n) is 5.73. The van der Waals surface area contributed by atoms with Gasteiger partial charge in [-0.3, -0.25) is 0 Å². The number of carboxylic acids is 2. The van der Waals surface area contributed by atoms with Crippen molar-refractivity contribution in [2.45, 2.75) is 35.6 Å². The average Bonchev–Trinajstić information content (AvgIpc) is 2.43. The van der Waals surface area contributed by atoms with E-state index in [2.05, 4.69) is 0 Å². The van der Waals surface area contributed by atoms with Gasteiger partial charge in [0.15, 0.2) is 6.29 Å². The Morgan fingerprint density at radius 2 is 1.62 bits per heavy atom. The second kappa shape index (κ2) is 6.83. The van der Waals surface area contributed by atoms with Crippen molar-refractivity contribution in [3.05, 3.63) is 0 Å². The Bertz CT molecular complexity index is 385. The maximum atomic E-state index is 10.8. The van der Waals surface area contributed by atoms with Crippen LogP contribution >= 0.6 is 11.6 Å². The molecule has 0 aromatic heterocycles. The minimum atomic E-state index is -2.81. The third-order valence-electron chi connectivity index (χ3n) is 2.97. The minimum absolute atomic E-state index is 0.714. The Morgan fingerprint density at radius 1 is 1.10 bits per heavy atom. The number of carboxylic acid groups (broad SMARTS) is 2. The van der Waals surface area contributed by atoms with E-state index in [1.165, 1.54) is 0 Å². The molecule has 0 aromatic rings. The fourth-order valence-electron chi connectivity index (χ4n) is 1.62. The van der Waals surface area contributed by atoms with Gasteiger partial charge in [0.1, 0.15) is 24.4 Å². The zero-order chi connectivity index (χ0) is 16.4. The highest BCUT2D eigenvalue weighted by atomic mass is 35.5. The number of aliphatic carboxylic acids is 2. The molecule has 0 radical (unpaired) electrons. The number of carbonyl (C=O) groups is 2. The predicted molar refractivity (Wildman–Crippen MR) is 63.6 cm³/mol. The van der Waals surface area contributed by atoms with E-state index in [9.17, 15) is 24.9 Å². The molecule has 1 rings (SSSR count). The minimum Gasteiger partial charge on any atom is -0.479 e. The van der Waals surface area contributed by atoms with Gasteiger partial charge in [-0.1, -0.05) is 11.6 Å².